The molecule has 2 heterocycles. The van der Waals surface area contributed by atoms with E-state index in [0.717, 1.165) is 0 Å². The van der Waals surface area contributed by atoms with Crippen LogP contribution in [0.3, 0.4) is 0 Å². The number of amides is 1. The molecule has 128 valence electrons. The van der Waals surface area contributed by atoms with Gasteiger partial charge < -0.3 is 20.5 Å². The summed E-state index contributed by atoms with van der Waals surface area (Å²) < 4.78 is 10.7. The summed E-state index contributed by atoms with van der Waals surface area (Å²) in [6.07, 6.45) is -0.404. The Morgan fingerprint density at radius 2 is 2.08 bits per heavy atom. The van der Waals surface area contributed by atoms with E-state index in [1.807, 2.05) is 6.07 Å². The summed E-state index contributed by atoms with van der Waals surface area (Å²) in [5, 5.41) is 12.4. The Hall–Kier alpha value is -3.27. The molecule has 1 atom stereocenters. The zero-order valence-corrected chi connectivity index (χ0v) is 14.0. The molecular formula is C18H17N3O4. The summed E-state index contributed by atoms with van der Waals surface area (Å²) in [5.41, 5.74) is 5.03. The summed E-state index contributed by atoms with van der Waals surface area (Å²) in [5.74, 6) is -1.33. The van der Waals surface area contributed by atoms with Gasteiger partial charge in [0.15, 0.2) is 5.41 Å². The highest BCUT2D eigenvalue weighted by Crippen LogP contribution is 2.51. The normalized spacial score (nSPS) is 21.8. The lowest BCUT2D eigenvalue weighted by atomic mass is 9.68. The fraction of sp³-hybridized carbons (Fsp3) is 0.278. The zero-order chi connectivity index (χ0) is 18.4. The predicted molar refractivity (Wildman–Crippen MR) is 88.6 cm³/mol. The number of hydrogen-bond acceptors (Lipinski definition) is 6. The van der Waals surface area contributed by atoms with Gasteiger partial charge in [0.25, 0.3) is 0 Å². The van der Waals surface area contributed by atoms with E-state index < -0.39 is 23.4 Å². The Kier molecular flexibility index (Phi) is 3.76. The van der Waals surface area contributed by atoms with Crippen molar-refractivity contribution in [3.8, 4) is 6.07 Å². The van der Waals surface area contributed by atoms with E-state index >= 15 is 0 Å². The first kappa shape index (κ1) is 16.6. The Balaban J connectivity index is 2.35. The number of nitriles is 1. The van der Waals surface area contributed by atoms with Crippen LogP contribution in [0.4, 0.5) is 5.69 Å². The second-order valence-corrected chi connectivity index (χ2v) is 6.09. The highest BCUT2D eigenvalue weighted by Gasteiger charge is 2.59. The fourth-order valence-corrected chi connectivity index (χ4v) is 3.30. The van der Waals surface area contributed by atoms with Crippen LogP contribution in [-0.2, 0) is 24.5 Å². The van der Waals surface area contributed by atoms with Crippen molar-refractivity contribution in [2.75, 3.05) is 5.32 Å². The van der Waals surface area contributed by atoms with Gasteiger partial charge in [0.1, 0.15) is 23.0 Å². The van der Waals surface area contributed by atoms with Gasteiger partial charge in [-0.2, -0.15) is 5.26 Å². The van der Waals surface area contributed by atoms with Crippen LogP contribution in [0.25, 0.3) is 0 Å². The molecule has 3 N–H and O–H groups in total. The molecule has 1 spiro atoms. The van der Waals surface area contributed by atoms with Gasteiger partial charge in [0, 0.05) is 11.3 Å². The average Bonchev–Trinajstić information content (AvgIpc) is 2.80. The third-order valence-corrected chi connectivity index (χ3v) is 4.19. The fourth-order valence-electron chi connectivity index (χ4n) is 3.30. The highest BCUT2D eigenvalue weighted by molar-refractivity contribution is 6.17. The van der Waals surface area contributed by atoms with E-state index in [9.17, 15) is 14.9 Å². The monoisotopic (exact) mass is 339 g/mol. The van der Waals surface area contributed by atoms with Gasteiger partial charge in [-0.1, -0.05) is 18.2 Å². The molecule has 7 nitrogen and oxygen atoms in total. The molecule has 7 heteroatoms. The number of benzene rings is 1. The van der Waals surface area contributed by atoms with Crippen LogP contribution in [0, 0.1) is 11.3 Å². The highest BCUT2D eigenvalue weighted by atomic mass is 16.5. The van der Waals surface area contributed by atoms with Crippen LogP contribution in [0.1, 0.15) is 26.3 Å². The number of carbonyl (C=O) groups is 2. The number of nitrogens with one attached hydrogen (secondary N) is 1. The van der Waals surface area contributed by atoms with Crippen molar-refractivity contribution in [1.29, 1.82) is 5.26 Å². The van der Waals surface area contributed by atoms with Gasteiger partial charge in [0.2, 0.25) is 11.8 Å². The molecule has 0 saturated heterocycles. The topological polar surface area (TPSA) is 114 Å². The molecule has 0 fully saturated rings. The molecule has 0 aromatic heterocycles. The van der Waals surface area contributed by atoms with E-state index in [2.05, 4.69) is 5.32 Å². The number of esters is 1. The molecule has 0 unspecified atom stereocenters. The molecule has 3 rings (SSSR count). The Labute approximate surface area is 144 Å². The van der Waals surface area contributed by atoms with Crippen molar-refractivity contribution in [2.24, 2.45) is 5.73 Å². The van der Waals surface area contributed by atoms with Gasteiger partial charge >= 0.3 is 5.97 Å². The van der Waals surface area contributed by atoms with E-state index in [1.54, 1.807) is 38.1 Å². The molecule has 25 heavy (non-hydrogen) atoms. The number of nitrogens with zero attached hydrogens (tertiary/aromatic N) is 1. The largest absolute Gasteiger partial charge is 0.459 e. The number of nitrogens with two attached hydrogens (primary N) is 1. The van der Waals surface area contributed by atoms with Crippen LogP contribution < -0.4 is 11.1 Å². The minimum absolute atomic E-state index is 0.0330. The molecule has 0 aliphatic carbocycles. The minimum Gasteiger partial charge on any atom is -0.459 e. The van der Waals surface area contributed by atoms with Crippen LogP contribution in [0.5, 0.6) is 0 Å². The number of para-hydroxylation sites is 1. The molecule has 1 amide bonds. The van der Waals surface area contributed by atoms with Crippen molar-refractivity contribution >= 4 is 17.6 Å². The molecule has 0 bridgehead atoms. The van der Waals surface area contributed by atoms with Crippen LogP contribution in [0.2, 0.25) is 0 Å². The van der Waals surface area contributed by atoms with Crippen molar-refractivity contribution in [2.45, 2.75) is 32.3 Å². The molecule has 1 aromatic rings. The van der Waals surface area contributed by atoms with Gasteiger partial charge in [0.05, 0.1) is 6.10 Å². The molecule has 2 aliphatic rings. The van der Waals surface area contributed by atoms with Crippen molar-refractivity contribution in [3.05, 3.63) is 52.6 Å². The number of allylic oxidation sites excluding steroid dienone is 1. The summed E-state index contributed by atoms with van der Waals surface area (Å²) in [6, 6.07) is 8.79. The molecular weight excluding hydrogens is 322 g/mol. The zero-order valence-electron chi connectivity index (χ0n) is 14.0. The standard InChI is InChI=1S/C18H17N3O4/c1-9(2)24-16(22)14-10(3)25-15(20)12(8-19)18(14)11-6-4-5-7-13(11)21-17(18)23/h4-7,9H,20H2,1-3H3,(H,21,23)/t18-/m1/s1. The lowest BCUT2D eigenvalue weighted by Gasteiger charge is -2.34. The van der Waals surface area contributed by atoms with Crippen molar-refractivity contribution in [1.82, 2.24) is 0 Å². The summed E-state index contributed by atoms with van der Waals surface area (Å²) in [4.78, 5) is 25.8. The third-order valence-electron chi connectivity index (χ3n) is 4.19. The number of carbonyl (C=O) groups excluding carboxylic acids is 2. The van der Waals surface area contributed by atoms with Crippen LogP contribution >= 0.6 is 0 Å². The van der Waals surface area contributed by atoms with Gasteiger partial charge in [-0.15, -0.1) is 0 Å². The van der Waals surface area contributed by atoms with E-state index in [-0.39, 0.29) is 22.8 Å². The van der Waals surface area contributed by atoms with Crippen molar-refractivity contribution < 1.29 is 19.1 Å². The maximum atomic E-state index is 13.0. The number of fused-ring (bicyclic) bond motifs is 2. The molecule has 2 aliphatic heterocycles. The van der Waals surface area contributed by atoms with Gasteiger partial charge in [-0.3, -0.25) is 4.79 Å². The van der Waals surface area contributed by atoms with Gasteiger partial charge in [-0.25, -0.2) is 4.79 Å². The molecule has 1 aromatic carbocycles. The predicted octanol–water partition coefficient (Wildman–Crippen LogP) is 1.83. The van der Waals surface area contributed by atoms with E-state index in [1.165, 1.54) is 6.92 Å². The second kappa shape index (κ2) is 5.67. The number of hydrogen-bond donors (Lipinski definition) is 2. The Morgan fingerprint density at radius 1 is 1.40 bits per heavy atom. The maximum absolute atomic E-state index is 13.0. The lowest BCUT2D eigenvalue weighted by molar-refractivity contribution is -0.144. The second-order valence-electron chi connectivity index (χ2n) is 6.09. The SMILES string of the molecule is CC1=C(C(=O)OC(C)C)[C@]2(C(=O)Nc3ccccc32)C(C#N)=C(N)O1. The quantitative estimate of drug-likeness (QED) is 0.794. The van der Waals surface area contributed by atoms with Crippen LogP contribution in [-0.4, -0.2) is 18.0 Å². The minimum atomic E-state index is -1.68. The summed E-state index contributed by atoms with van der Waals surface area (Å²) >= 11 is 0. The summed E-state index contributed by atoms with van der Waals surface area (Å²) in [7, 11) is 0. The van der Waals surface area contributed by atoms with Crippen LogP contribution in [0.15, 0.2) is 47.1 Å². The Bertz CT molecular complexity index is 892. The number of rotatable bonds is 2. The Morgan fingerprint density at radius 3 is 2.72 bits per heavy atom. The van der Waals surface area contributed by atoms with Gasteiger partial charge in [-0.05, 0) is 26.8 Å². The first-order valence-electron chi connectivity index (χ1n) is 7.75. The first-order chi connectivity index (χ1) is 11.8. The number of ether oxygens (including phenoxy) is 2. The maximum Gasteiger partial charge on any atom is 0.339 e. The molecule has 0 saturated carbocycles. The lowest BCUT2D eigenvalue weighted by Crippen LogP contribution is -2.46. The number of anilines is 1. The van der Waals surface area contributed by atoms with Crippen molar-refractivity contribution in [3.63, 3.8) is 0 Å². The molecule has 0 radical (unpaired) electrons. The average molecular weight is 339 g/mol. The van der Waals surface area contributed by atoms with E-state index in [4.69, 9.17) is 15.2 Å². The first-order valence-corrected chi connectivity index (χ1v) is 7.75. The van der Waals surface area contributed by atoms with E-state index in [0.29, 0.717) is 11.3 Å². The third kappa shape index (κ3) is 2.18. The smallest absolute Gasteiger partial charge is 0.339 e. The summed E-state index contributed by atoms with van der Waals surface area (Å²) in [6.45, 7) is 4.92.